The molecule has 0 heterocycles. The molecule has 1 aromatic rings. The van der Waals surface area contributed by atoms with Gasteiger partial charge in [0.25, 0.3) is 0 Å². The number of Topliss-reactive ketones (excluding diaryl/α,β-unsaturated/α-hetero) is 1. The summed E-state index contributed by atoms with van der Waals surface area (Å²) in [4.78, 5) is 54.4. The van der Waals surface area contributed by atoms with Crippen LogP contribution in [0.15, 0.2) is 53.6 Å². The first-order chi connectivity index (χ1) is 22.4. The Bertz CT molecular complexity index is 1680. The summed E-state index contributed by atoms with van der Waals surface area (Å²) in [6.45, 7) is 11.0. The van der Waals surface area contributed by atoms with Gasteiger partial charge >= 0.3 is 6.09 Å². The third kappa shape index (κ3) is 4.73. The molecule has 3 N–H and O–H groups in total. The number of hydrogen-bond acceptors (Lipinski definition) is 6. The molecule has 256 valence electrons. The number of fused-ring (bicyclic) bond motifs is 7. The quantitative estimate of drug-likeness (QED) is 0.345. The van der Waals surface area contributed by atoms with Crippen LogP contribution in [0.2, 0.25) is 0 Å². The Hall–Kier alpha value is -3.77. The molecule has 9 atom stereocenters. The highest BCUT2D eigenvalue weighted by atomic mass is 16.4. The van der Waals surface area contributed by atoms with Crippen molar-refractivity contribution < 1.29 is 29.4 Å². The molecule has 0 spiro atoms. The number of carbonyl (C=O) groups excluding carboxylic acids is 3. The number of rotatable bonds is 5. The van der Waals surface area contributed by atoms with Crippen molar-refractivity contribution in [3.05, 3.63) is 59.2 Å². The Morgan fingerprint density at radius 1 is 1.04 bits per heavy atom. The molecule has 9 heteroatoms. The van der Waals surface area contributed by atoms with Crippen LogP contribution in [0.3, 0.4) is 0 Å². The van der Waals surface area contributed by atoms with Gasteiger partial charge in [0.2, 0.25) is 5.91 Å². The second-order valence-electron chi connectivity index (χ2n) is 16.9. The van der Waals surface area contributed by atoms with Crippen LogP contribution in [0.25, 0.3) is 0 Å². The Kier molecular flexibility index (Phi) is 7.91. The van der Waals surface area contributed by atoms with E-state index in [-0.39, 0.29) is 46.7 Å². The van der Waals surface area contributed by atoms with E-state index < -0.39 is 39.4 Å². The summed E-state index contributed by atoms with van der Waals surface area (Å²) < 4.78 is 0. The molecule has 9 nitrogen and oxygen atoms in total. The molecule has 3 fully saturated rings. The van der Waals surface area contributed by atoms with E-state index in [2.05, 4.69) is 46.0 Å². The third-order valence-electron chi connectivity index (χ3n) is 14.2. The van der Waals surface area contributed by atoms with Gasteiger partial charge < -0.3 is 20.4 Å². The molecule has 5 aliphatic rings. The molecule has 5 aliphatic carbocycles. The molecule has 1 unspecified atom stereocenters. The Morgan fingerprint density at radius 2 is 1.71 bits per heavy atom. The molecular weight excluding hydrogens is 606 g/mol. The topological polar surface area (TPSA) is 148 Å². The van der Waals surface area contributed by atoms with E-state index in [0.29, 0.717) is 24.9 Å². The SMILES string of the molecule is CN(C[C@@]1(C)CC[C@]2(C)CC[C@@]3(C)[C@]4(C)CC[C@H]5CC(=O)C(C#N)=C[C@]5(C)C4=CC(=O)[C@]3(O)[C@@H]2C1)C(=O)C(NC(=O)O)c1ccccc1. The highest BCUT2D eigenvalue weighted by Gasteiger charge is 2.74. The fraction of sp³-hybridized carbons (Fsp3) is 0.615. The predicted molar refractivity (Wildman–Crippen MR) is 179 cm³/mol. The van der Waals surface area contributed by atoms with Crippen LogP contribution < -0.4 is 5.32 Å². The molecule has 6 rings (SSSR count). The number of amides is 2. The normalized spacial score (nSPS) is 40.8. The van der Waals surface area contributed by atoms with Gasteiger partial charge in [-0.2, -0.15) is 5.26 Å². The van der Waals surface area contributed by atoms with Crippen molar-refractivity contribution in [2.45, 2.75) is 97.6 Å². The highest BCUT2D eigenvalue weighted by Crippen LogP contribution is 2.74. The monoisotopic (exact) mass is 655 g/mol. The zero-order chi connectivity index (χ0) is 35.1. The third-order valence-corrected chi connectivity index (χ3v) is 14.2. The summed E-state index contributed by atoms with van der Waals surface area (Å²) in [5.74, 6) is -1.15. The lowest BCUT2D eigenvalue weighted by Gasteiger charge is -2.71. The predicted octanol–water partition coefficient (Wildman–Crippen LogP) is 6.15. The molecule has 0 bridgehead atoms. The number of aliphatic hydroxyl groups is 1. The number of benzene rings is 1. The number of nitriles is 1. The van der Waals surface area contributed by atoms with Crippen LogP contribution in [0, 0.1) is 50.2 Å². The first-order valence-electron chi connectivity index (χ1n) is 17.3. The second-order valence-corrected chi connectivity index (χ2v) is 16.9. The maximum atomic E-state index is 14.7. The summed E-state index contributed by atoms with van der Waals surface area (Å²) >= 11 is 0. The Balaban J connectivity index is 1.35. The van der Waals surface area contributed by atoms with Crippen LogP contribution in [-0.4, -0.2) is 57.9 Å². The van der Waals surface area contributed by atoms with Gasteiger partial charge in [-0.05, 0) is 84.3 Å². The van der Waals surface area contributed by atoms with E-state index in [9.17, 15) is 34.7 Å². The fourth-order valence-electron chi connectivity index (χ4n) is 11.0. The summed E-state index contributed by atoms with van der Waals surface area (Å²) in [5.41, 5.74) is -2.66. The summed E-state index contributed by atoms with van der Waals surface area (Å²) in [6, 6.07) is 9.84. The second kappa shape index (κ2) is 11.1. The minimum Gasteiger partial charge on any atom is -0.465 e. The van der Waals surface area contributed by atoms with Gasteiger partial charge in [-0.25, -0.2) is 4.79 Å². The molecule has 1 aromatic carbocycles. The first kappa shape index (κ1) is 34.1. The zero-order valence-electron chi connectivity index (χ0n) is 29.1. The number of ketones is 2. The van der Waals surface area contributed by atoms with E-state index in [1.165, 1.54) is 0 Å². The van der Waals surface area contributed by atoms with Gasteiger partial charge in [0.1, 0.15) is 17.7 Å². The number of hydrogen-bond donors (Lipinski definition) is 3. The van der Waals surface area contributed by atoms with E-state index in [1.807, 2.05) is 6.07 Å². The number of likely N-dealkylation sites (N-methyl/N-ethyl adjacent to an activating group) is 1. The van der Waals surface area contributed by atoms with Crippen molar-refractivity contribution in [1.29, 1.82) is 5.26 Å². The van der Waals surface area contributed by atoms with Gasteiger partial charge in [-0.3, -0.25) is 14.4 Å². The molecule has 48 heavy (non-hydrogen) atoms. The Morgan fingerprint density at radius 3 is 2.35 bits per heavy atom. The van der Waals surface area contributed by atoms with E-state index in [1.54, 1.807) is 48.4 Å². The van der Waals surface area contributed by atoms with E-state index >= 15 is 0 Å². The molecular formula is C39H49N3O6. The largest absolute Gasteiger partial charge is 0.465 e. The van der Waals surface area contributed by atoms with Crippen LogP contribution in [-0.2, 0) is 14.4 Å². The van der Waals surface area contributed by atoms with Crippen LogP contribution in [0.1, 0.15) is 97.6 Å². The average Bonchev–Trinajstić information content (AvgIpc) is 3.04. The lowest BCUT2D eigenvalue weighted by molar-refractivity contribution is -0.242. The molecule has 3 saturated carbocycles. The van der Waals surface area contributed by atoms with Gasteiger partial charge in [0, 0.05) is 36.8 Å². The van der Waals surface area contributed by atoms with Crippen molar-refractivity contribution in [1.82, 2.24) is 10.2 Å². The van der Waals surface area contributed by atoms with Crippen LogP contribution >= 0.6 is 0 Å². The number of carboxylic acid groups (broad SMARTS) is 1. The number of nitrogens with one attached hydrogen (secondary N) is 1. The lowest BCUT2D eigenvalue weighted by atomic mass is 9.33. The average molecular weight is 656 g/mol. The molecule has 0 aromatic heterocycles. The first-order valence-corrected chi connectivity index (χ1v) is 17.3. The maximum absolute atomic E-state index is 14.7. The van der Waals surface area contributed by atoms with Crippen molar-refractivity contribution in [2.24, 2.45) is 38.9 Å². The molecule has 0 saturated heterocycles. The van der Waals surface area contributed by atoms with Gasteiger partial charge in [0.15, 0.2) is 11.6 Å². The van der Waals surface area contributed by atoms with Gasteiger partial charge in [-0.15, -0.1) is 0 Å². The standard InChI is InChI=1S/C39H49N3O6/c1-34(23-42(6)32(45)31(41-33(46)47)24-10-8-7-9-11-24)14-15-35(2)16-17-38(5)37(4)13-12-26-18-27(43)25(22-40)20-36(26,3)28(37)19-30(44)39(38,48)29(35)21-34/h7-11,19-20,26,29,31,41,48H,12-18,21,23H2,1-6H3,(H,46,47)/t26-,29+,31?,34-,35+,36-,37+,38-,39+/m0/s1. The summed E-state index contributed by atoms with van der Waals surface area (Å²) in [6.07, 6.45) is 7.66. The zero-order valence-corrected chi connectivity index (χ0v) is 29.1. The summed E-state index contributed by atoms with van der Waals surface area (Å²) in [7, 11) is 1.69. The maximum Gasteiger partial charge on any atom is 0.405 e. The minimum absolute atomic E-state index is 0.000695. The highest BCUT2D eigenvalue weighted by molar-refractivity contribution is 6.02. The molecule has 2 amide bonds. The van der Waals surface area contributed by atoms with Crippen LogP contribution in [0.5, 0.6) is 0 Å². The Labute approximate surface area is 283 Å². The molecule has 0 radical (unpaired) electrons. The molecule has 0 aliphatic heterocycles. The van der Waals surface area contributed by atoms with Gasteiger partial charge in [-0.1, -0.05) is 71.0 Å². The van der Waals surface area contributed by atoms with Gasteiger partial charge in [0.05, 0.1) is 5.57 Å². The van der Waals surface area contributed by atoms with Crippen molar-refractivity contribution in [3.63, 3.8) is 0 Å². The van der Waals surface area contributed by atoms with E-state index in [4.69, 9.17) is 0 Å². The minimum atomic E-state index is -1.64. The lowest BCUT2D eigenvalue weighted by Crippen LogP contribution is -2.73. The number of nitrogens with zero attached hydrogens (tertiary/aromatic N) is 2. The van der Waals surface area contributed by atoms with Crippen LogP contribution in [0.4, 0.5) is 4.79 Å². The van der Waals surface area contributed by atoms with E-state index in [0.717, 1.165) is 37.7 Å². The smallest absolute Gasteiger partial charge is 0.405 e. The number of carbonyl (C=O) groups is 4. The summed E-state index contributed by atoms with van der Waals surface area (Å²) in [5, 5.41) is 34.8. The van der Waals surface area contributed by atoms with Crippen molar-refractivity contribution in [2.75, 3.05) is 13.6 Å². The number of allylic oxidation sites excluding steroid dienone is 3. The van der Waals surface area contributed by atoms with Crippen molar-refractivity contribution >= 4 is 23.6 Å². The van der Waals surface area contributed by atoms with Crippen molar-refractivity contribution in [3.8, 4) is 6.07 Å². The fourth-order valence-corrected chi connectivity index (χ4v) is 11.0.